The highest BCUT2D eigenvalue weighted by Gasteiger charge is 2.31. The number of nitrogens with zero attached hydrogens (tertiary/aromatic N) is 3. The van der Waals surface area contributed by atoms with Crippen molar-refractivity contribution in [2.75, 3.05) is 19.6 Å². The molecule has 8 heteroatoms. The second-order valence-electron chi connectivity index (χ2n) is 9.82. The van der Waals surface area contributed by atoms with E-state index < -0.39 is 0 Å². The first kappa shape index (κ1) is 23.4. The van der Waals surface area contributed by atoms with Crippen LogP contribution in [0.1, 0.15) is 42.7 Å². The molecule has 4 heterocycles. The summed E-state index contributed by atoms with van der Waals surface area (Å²) in [6, 6.07) is 8.14. The molecule has 0 aliphatic carbocycles. The molecule has 34 heavy (non-hydrogen) atoms. The molecule has 0 atom stereocenters. The van der Waals surface area contributed by atoms with Gasteiger partial charge in [-0.25, -0.2) is 0 Å². The van der Waals surface area contributed by atoms with Gasteiger partial charge in [0, 0.05) is 66.2 Å². The van der Waals surface area contributed by atoms with Crippen LogP contribution >= 0.6 is 22.9 Å². The van der Waals surface area contributed by atoms with Gasteiger partial charge < -0.3 is 5.32 Å². The van der Waals surface area contributed by atoms with E-state index in [2.05, 4.69) is 42.0 Å². The molecule has 2 saturated heterocycles. The van der Waals surface area contributed by atoms with Crippen molar-refractivity contribution in [1.29, 1.82) is 0 Å². The Labute approximate surface area is 208 Å². The molecule has 178 valence electrons. The highest BCUT2D eigenvalue weighted by atomic mass is 35.5. The molecule has 5 rings (SSSR count). The molecule has 1 aromatic carbocycles. The fourth-order valence-corrected chi connectivity index (χ4v) is 6.37. The largest absolute Gasteiger partial charge is 0.314 e. The van der Waals surface area contributed by atoms with E-state index in [1.165, 1.54) is 16.0 Å². The van der Waals surface area contributed by atoms with E-state index in [-0.39, 0.29) is 17.4 Å². The molecule has 6 nitrogen and oxygen atoms in total. The van der Waals surface area contributed by atoms with Crippen molar-refractivity contribution in [3.63, 3.8) is 0 Å². The first-order valence-electron chi connectivity index (χ1n) is 11.7. The summed E-state index contributed by atoms with van der Waals surface area (Å²) < 4.78 is 1.05. The number of piperazine rings is 1. The van der Waals surface area contributed by atoms with E-state index >= 15 is 0 Å². The number of pyridine rings is 1. The molecular weight excluding hydrogens is 468 g/mol. The monoisotopic (exact) mass is 496 g/mol. The zero-order valence-electron chi connectivity index (χ0n) is 19.8. The maximum atomic E-state index is 12.1. The lowest BCUT2D eigenvalue weighted by Gasteiger charge is -2.43. The number of halogens is 1. The van der Waals surface area contributed by atoms with Crippen LogP contribution in [0, 0.1) is 6.92 Å². The topological polar surface area (TPSA) is 65.5 Å². The Balaban J connectivity index is 1.56. The highest BCUT2D eigenvalue weighted by molar-refractivity contribution is 7.19. The third kappa shape index (κ3) is 4.38. The maximum Gasteiger partial charge on any atom is 0.230 e. The van der Waals surface area contributed by atoms with Crippen LogP contribution in [0.2, 0.25) is 5.02 Å². The van der Waals surface area contributed by atoms with Crippen LogP contribution in [-0.4, -0.2) is 51.8 Å². The zero-order chi connectivity index (χ0) is 24.0. The van der Waals surface area contributed by atoms with E-state index in [9.17, 15) is 9.59 Å². The number of thiophene rings is 1. The van der Waals surface area contributed by atoms with Crippen LogP contribution in [0.4, 0.5) is 0 Å². The van der Waals surface area contributed by atoms with Gasteiger partial charge in [0.25, 0.3) is 0 Å². The van der Waals surface area contributed by atoms with Gasteiger partial charge in [-0.1, -0.05) is 11.6 Å². The molecule has 0 radical (unpaired) electrons. The summed E-state index contributed by atoms with van der Waals surface area (Å²) in [6.07, 6.45) is 2.44. The van der Waals surface area contributed by atoms with Crippen molar-refractivity contribution in [1.82, 2.24) is 20.1 Å². The lowest BCUT2D eigenvalue weighted by Crippen LogP contribution is -2.57. The molecule has 2 aliphatic rings. The number of likely N-dealkylation sites (tertiary alicyclic amines) is 1. The molecule has 0 bridgehead atoms. The molecule has 0 spiro atoms. The second-order valence-corrected chi connectivity index (χ2v) is 11.4. The van der Waals surface area contributed by atoms with Crippen molar-refractivity contribution in [2.45, 2.75) is 52.2 Å². The van der Waals surface area contributed by atoms with Gasteiger partial charge in [0.2, 0.25) is 11.8 Å². The predicted octanol–water partition coefficient (Wildman–Crippen LogP) is 4.76. The summed E-state index contributed by atoms with van der Waals surface area (Å²) in [5.74, 6) is -0.191. The van der Waals surface area contributed by atoms with E-state index in [0.29, 0.717) is 24.4 Å². The number of imide groups is 1. The van der Waals surface area contributed by atoms with Gasteiger partial charge in [-0.3, -0.25) is 24.4 Å². The number of nitrogens with one attached hydrogen (secondary N) is 1. The third-order valence-electron chi connectivity index (χ3n) is 6.98. The molecule has 0 saturated carbocycles. The van der Waals surface area contributed by atoms with Crippen LogP contribution in [-0.2, 0) is 22.7 Å². The van der Waals surface area contributed by atoms with Crippen LogP contribution in [0.15, 0.2) is 30.5 Å². The number of carbonyl (C=O) groups is 2. The summed E-state index contributed by atoms with van der Waals surface area (Å²) in [6.45, 7) is 10.8. The quantitative estimate of drug-likeness (QED) is 0.516. The number of carbonyl (C=O) groups excluding carboxylic acids is 2. The smallest absolute Gasteiger partial charge is 0.230 e. The van der Waals surface area contributed by atoms with Crippen molar-refractivity contribution in [3.8, 4) is 11.1 Å². The van der Waals surface area contributed by atoms with E-state index in [1.807, 2.05) is 24.4 Å². The number of fused-ring (bicyclic) bond motifs is 1. The number of benzene rings is 1. The normalized spacial score (nSPS) is 18.9. The number of aryl methyl sites for hydroxylation is 1. The van der Waals surface area contributed by atoms with Crippen molar-refractivity contribution >= 4 is 45.0 Å². The van der Waals surface area contributed by atoms with Gasteiger partial charge in [-0.2, -0.15) is 0 Å². The summed E-state index contributed by atoms with van der Waals surface area (Å²) >= 11 is 8.16. The van der Waals surface area contributed by atoms with Crippen LogP contribution in [0.5, 0.6) is 0 Å². The molecule has 3 aromatic rings. The van der Waals surface area contributed by atoms with E-state index in [0.717, 1.165) is 52.4 Å². The lowest BCUT2D eigenvalue weighted by molar-refractivity contribution is -0.138. The number of hydrogen-bond donors (Lipinski definition) is 1. The molecular formula is C26H29ClN4O2S. The van der Waals surface area contributed by atoms with Gasteiger partial charge in [0.1, 0.15) is 0 Å². The van der Waals surface area contributed by atoms with Crippen LogP contribution in [0.3, 0.4) is 0 Å². The Kier molecular flexibility index (Phi) is 6.23. The predicted molar refractivity (Wildman–Crippen MR) is 137 cm³/mol. The molecule has 0 unspecified atom stereocenters. The van der Waals surface area contributed by atoms with Crippen LogP contribution in [0.25, 0.3) is 21.3 Å². The lowest BCUT2D eigenvalue weighted by atomic mass is 9.93. The summed E-state index contributed by atoms with van der Waals surface area (Å²) in [5.41, 5.74) is 5.59. The Hall–Kier alpha value is -2.32. The van der Waals surface area contributed by atoms with Gasteiger partial charge in [0.05, 0.1) is 16.8 Å². The number of hydrogen-bond acceptors (Lipinski definition) is 6. The SMILES string of the molecule is Cc1cc(Cl)cc(-c2ccnc3cc(CN4C(=O)CCC4=O)sc23)c1CN1CCNCC1(C)C. The minimum Gasteiger partial charge on any atom is -0.314 e. The Morgan fingerprint density at radius 2 is 1.88 bits per heavy atom. The van der Waals surface area contributed by atoms with Crippen molar-refractivity contribution in [2.24, 2.45) is 0 Å². The van der Waals surface area contributed by atoms with Crippen molar-refractivity contribution in [3.05, 3.63) is 51.5 Å². The van der Waals surface area contributed by atoms with E-state index in [4.69, 9.17) is 11.6 Å². The van der Waals surface area contributed by atoms with Gasteiger partial charge in [-0.15, -0.1) is 11.3 Å². The Bertz CT molecular complexity index is 1270. The summed E-state index contributed by atoms with van der Waals surface area (Å²) in [5, 5.41) is 4.22. The molecule has 2 aliphatic heterocycles. The fraction of sp³-hybridized carbons (Fsp3) is 0.423. The molecule has 2 amide bonds. The molecule has 2 aromatic heterocycles. The Morgan fingerprint density at radius 3 is 2.62 bits per heavy atom. The Morgan fingerprint density at radius 1 is 1.12 bits per heavy atom. The first-order valence-corrected chi connectivity index (χ1v) is 12.9. The maximum absolute atomic E-state index is 12.1. The van der Waals surface area contributed by atoms with E-state index in [1.54, 1.807) is 11.3 Å². The number of aromatic nitrogens is 1. The number of rotatable bonds is 5. The molecule has 1 N–H and O–H groups in total. The van der Waals surface area contributed by atoms with Gasteiger partial charge in [0.15, 0.2) is 0 Å². The minimum absolute atomic E-state index is 0.0556. The van der Waals surface area contributed by atoms with Crippen LogP contribution < -0.4 is 5.32 Å². The van der Waals surface area contributed by atoms with Gasteiger partial charge >= 0.3 is 0 Å². The first-order chi connectivity index (χ1) is 16.2. The average molecular weight is 497 g/mol. The summed E-state index contributed by atoms with van der Waals surface area (Å²) in [7, 11) is 0. The summed E-state index contributed by atoms with van der Waals surface area (Å²) in [4.78, 5) is 33.7. The third-order valence-corrected chi connectivity index (χ3v) is 8.34. The standard InChI is InChI=1S/C26H29ClN4O2S/c1-16-10-17(27)11-20(21(16)14-30-9-8-28-15-26(30,2)3)19-6-7-29-22-12-18(34-25(19)22)13-31-23(32)4-5-24(31)33/h6-7,10-12,28H,4-5,8-9,13-15H2,1-3H3. The highest BCUT2D eigenvalue weighted by Crippen LogP contribution is 2.39. The zero-order valence-corrected chi connectivity index (χ0v) is 21.4. The number of amides is 2. The van der Waals surface area contributed by atoms with Gasteiger partial charge in [-0.05, 0) is 61.7 Å². The average Bonchev–Trinajstić information content (AvgIpc) is 3.34. The fourth-order valence-electron chi connectivity index (χ4n) is 4.96. The minimum atomic E-state index is -0.0953. The second kappa shape index (κ2) is 9.04. The van der Waals surface area contributed by atoms with Crippen molar-refractivity contribution < 1.29 is 9.59 Å². The molecule has 2 fully saturated rings.